The number of carbonyl (C=O) groups excluding carboxylic acids is 1. The molecule has 6 nitrogen and oxygen atoms in total. The number of carbonyl (C=O) groups is 1. The van der Waals surface area contributed by atoms with Crippen LogP contribution in [0.3, 0.4) is 0 Å². The van der Waals surface area contributed by atoms with Crippen LogP contribution in [0.15, 0.2) is 60.7 Å². The zero-order valence-electron chi connectivity index (χ0n) is 19.5. The zero-order valence-corrected chi connectivity index (χ0v) is 20.4. The second-order valence-electron chi connectivity index (χ2n) is 9.13. The van der Waals surface area contributed by atoms with Gasteiger partial charge in [-0.1, -0.05) is 60.7 Å². The number of thiazole rings is 1. The molecule has 0 aliphatic carbocycles. The number of hydrogen-bond acceptors (Lipinski definition) is 6. The third kappa shape index (κ3) is 5.23. The molecule has 1 amide bonds. The number of nitrogens with zero attached hydrogens (tertiary/aromatic N) is 2. The van der Waals surface area contributed by atoms with Crippen LogP contribution in [0.25, 0.3) is 11.3 Å². The fraction of sp³-hybridized carbons (Fsp3) is 0.407. The Hall–Kier alpha value is -2.58. The average Bonchev–Trinajstić information content (AvgIpc) is 3.47. The molecule has 3 heterocycles. The van der Waals surface area contributed by atoms with E-state index in [-0.39, 0.29) is 17.6 Å². The Kier molecular flexibility index (Phi) is 7.06. The van der Waals surface area contributed by atoms with Gasteiger partial charge in [0.15, 0.2) is 5.13 Å². The van der Waals surface area contributed by atoms with Crippen molar-refractivity contribution >= 4 is 22.4 Å². The van der Waals surface area contributed by atoms with Gasteiger partial charge in [0.2, 0.25) is 5.91 Å². The summed E-state index contributed by atoms with van der Waals surface area (Å²) < 4.78 is 12.6. The first-order valence-electron chi connectivity index (χ1n) is 12.0. The summed E-state index contributed by atoms with van der Waals surface area (Å²) in [5.41, 5.74) is 2.92. The second-order valence-corrected chi connectivity index (χ2v) is 10.3. The van der Waals surface area contributed by atoms with E-state index in [0.717, 1.165) is 54.1 Å². The smallest absolute Gasteiger partial charge is 0.240 e. The van der Waals surface area contributed by atoms with Crippen molar-refractivity contribution in [3.63, 3.8) is 0 Å². The molecule has 2 saturated heterocycles. The molecular formula is C27H31N3O3S. The molecule has 5 rings (SSSR count). The standard InChI is InChI=1S/C27H31N3O3S/c1-20-25(22-11-6-3-7-12-22)29-26(34-20)28-24(31)18-30-15-14-27(13-8-16-33-27)23(17-30)32-19-21-9-4-2-5-10-21/h2-7,9-12,23H,8,13-19H2,1H3,(H,28,29,31)/t23-,27+/m0/s1. The lowest BCUT2D eigenvalue weighted by atomic mass is 9.85. The maximum atomic E-state index is 12.9. The maximum absolute atomic E-state index is 12.9. The Morgan fingerprint density at radius 2 is 1.94 bits per heavy atom. The third-order valence-electron chi connectivity index (χ3n) is 6.75. The Balaban J connectivity index is 1.21. The topological polar surface area (TPSA) is 63.7 Å². The summed E-state index contributed by atoms with van der Waals surface area (Å²) in [5, 5.41) is 3.65. The predicted octanol–water partition coefficient (Wildman–Crippen LogP) is 4.90. The molecule has 0 radical (unpaired) electrons. The summed E-state index contributed by atoms with van der Waals surface area (Å²) in [7, 11) is 0. The van der Waals surface area contributed by atoms with Crippen LogP contribution < -0.4 is 5.32 Å². The summed E-state index contributed by atoms with van der Waals surface area (Å²) in [4.78, 5) is 20.8. The number of likely N-dealkylation sites (tertiary alicyclic amines) is 1. The molecule has 7 heteroatoms. The molecule has 0 bridgehead atoms. The molecule has 2 aliphatic heterocycles. The Morgan fingerprint density at radius 3 is 2.68 bits per heavy atom. The van der Waals surface area contributed by atoms with Crippen LogP contribution in [0.5, 0.6) is 0 Å². The quantitative estimate of drug-likeness (QED) is 0.525. The van der Waals surface area contributed by atoms with Crippen molar-refractivity contribution in [2.24, 2.45) is 0 Å². The first kappa shape index (κ1) is 23.2. The van der Waals surface area contributed by atoms with E-state index in [0.29, 0.717) is 24.8 Å². The van der Waals surface area contributed by atoms with E-state index >= 15 is 0 Å². The number of piperidine rings is 1. The molecule has 1 aromatic heterocycles. The molecule has 2 aliphatic rings. The fourth-order valence-corrected chi connectivity index (χ4v) is 5.82. The molecule has 0 unspecified atom stereocenters. The van der Waals surface area contributed by atoms with Crippen molar-refractivity contribution < 1.29 is 14.3 Å². The van der Waals surface area contributed by atoms with Crippen LogP contribution in [-0.4, -0.2) is 53.7 Å². The first-order chi connectivity index (χ1) is 16.6. The summed E-state index contributed by atoms with van der Waals surface area (Å²) in [6.07, 6.45) is 2.92. The number of ether oxygens (including phenoxy) is 2. The third-order valence-corrected chi connectivity index (χ3v) is 7.63. The van der Waals surface area contributed by atoms with Gasteiger partial charge in [-0.15, -0.1) is 11.3 Å². The molecule has 1 spiro atoms. The molecule has 34 heavy (non-hydrogen) atoms. The lowest BCUT2D eigenvalue weighted by Gasteiger charge is -2.44. The maximum Gasteiger partial charge on any atom is 0.240 e. The minimum absolute atomic E-state index is 0.0431. The predicted molar refractivity (Wildman–Crippen MR) is 135 cm³/mol. The van der Waals surface area contributed by atoms with E-state index in [9.17, 15) is 4.79 Å². The molecule has 1 N–H and O–H groups in total. The molecule has 2 aromatic carbocycles. The number of benzene rings is 2. The van der Waals surface area contributed by atoms with Gasteiger partial charge in [0.05, 0.1) is 30.6 Å². The Bertz CT molecular complexity index is 1100. The molecule has 3 aromatic rings. The first-order valence-corrected chi connectivity index (χ1v) is 12.8. The summed E-state index contributed by atoms with van der Waals surface area (Å²) in [6.45, 7) is 5.21. The fourth-order valence-electron chi connectivity index (χ4n) is 4.97. The van der Waals surface area contributed by atoms with Crippen LogP contribution >= 0.6 is 11.3 Å². The normalized spacial score (nSPS) is 22.8. The van der Waals surface area contributed by atoms with Gasteiger partial charge in [-0.05, 0) is 31.7 Å². The summed E-state index contributed by atoms with van der Waals surface area (Å²) in [6, 6.07) is 20.3. The number of anilines is 1. The second kappa shape index (κ2) is 10.4. The van der Waals surface area contributed by atoms with E-state index in [1.54, 1.807) is 0 Å². The van der Waals surface area contributed by atoms with Crippen LogP contribution in [0, 0.1) is 6.92 Å². The van der Waals surface area contributed by atoms with E-state index in [2.05, 4.69) is 27.3 Å². The number of nitrogens with one attached hydrogen (secondary N) is 1. The van der Waals surface area contributed by atoms with E-state index in [1.807, 2.05) is 55.5 Å². The van der Waals surface area contributed by atoms with Gasteiger partial charge in [-0.25, -0.2) is 4.98 Å². The molecular weight excluding hydrogens is 446 g/mol. The minimum atomic E-state index is -0.223. The van der Waals surface area contributed by atoms with Crippen molar-refractivity contribution in [1.29, 1.82) is 0 Å². The van der Waals surface area contributed by atoms with Crippen molar-refractivity contribution in [3.8, 4) is 11.3 Å². The highest BCUT2D eigenvalue weighted by atomic mass is 32.1. The number of aryl methyl sites for hydroxylation is 1. The molecule has 2 fully saturated rings. The molecule has 0 saturated carbocycles. The number of aromatic nitrogens is 1. The average molecular weight is 478 g/mol. The van der Waals surface area contributed by atoms with Crippen LogP contribution in [0.1, 0.15) is 29.7 Å². The van der Waals surface area contributed by atoms with Crippen molar-refractivity contribution in [2.45, 2.75) is 44.5 Å². The summed E-state index contributed by atoms with van der Waals surface area (Å²) in [5.74, 6) is -0.0431. The summed E-state index contributed by atoms with van der Waals surface area (Å²) >= 11 is 1.51. The van der Waals surface area contributed by atoms with Gasteiger partial charge in [0, 0.05) is 30.1 Å². The highest BCUT2D eigenvalue weighted by Crippen LogP contribution is 2.38. The van der Waals surface area contributed by atoms with Crippen molar-refractivity contribution in [2.75, 3.05) is 31.6 Å². The van der Waals surface area contributed by atoms with Crippen molar-refractivity contribution in [1.82, 2.24) is 9.88 Å². The van der Waals surface area contributed by atoms with E-state index in [4.69, 9.17) is 9.47 Å². The number of hydrogen-bond donors (Lipinski definition) is 1. The largest absolute Gasteiger partial charge is 0.372 e. The van der Waals surface area contributed by atoms with Crippen LogP contribution in [0.2, 0.25) is 0 Å². The number of amides is 1. The SMILES string of the molecule is Cc1sc(NC(=O)CN2CC[C@]3(CCCO3)[C@@H](OCc3ccccc3)C2)nc1-c1ccccc1. The Labute approximate surface area is 204 Å². The zero-order chi connectivity index (χ0) is 23.4. The van der Waals surface area contributed by atoms with Gasteiger partial charge < -0.3 is 14.8 Å². The van der Waals surface area contributed by atoms with E-state index < -0.39 is 0 Å². The van der Waals surface area contributed by atoms with Crippen LogP contribution in [0.4, 0.5) is 5.13 Å². The van der Waals surface area contributed by atoms with Gasteiger partial charge in [0.1, 0.15) is 0 Å². The monoisotopic (exact) mass is 477 g/mol. The lowest BCUT2D eigenvalue weighted by Crippen LogP contribution is -2.57. The van der Waals surface area contributed by atoms with Gasteiger partial charge >= 0.3 is 0 Å². The van der Waals surface area contributed by atoms with Gasteiger partial charge in [-0.3, -0.25) is 9.69 Å². The van der Waals surface area contributed by atoms with Crippen molar-refractivity contribution in [3.05, 3.63) is 71.1 Å². The number of rotatable bonds is 7. The highest BCUT2D eigenvalue weighted by molar-refractivity contribution is 7.16. The Morgan fingerprint density at radius 1 is 1.18 bits per heavy atom. The lowest BCUT2D eigenvalue weighted by molar-refractivity contribution is -0.159. The van der Waals surface area contributed by atoms with E-state index in [1.165, 1.54) is 11.3 Å². The van der Waals surface area contributed by atoms with Crippen LogP contribution in [-0.2, 0) is 20.9 Å². The minimum Gasteiger partial charge on any atom is -0.372 e. The van der Waals surface area contributed by atoms with Gasteiger partial charge in [-0.2, -0.15) is 0 Å². The molecule has 2 atom stereocenters. The van der Waals surface area contributed by atoms with Gasteiger partial charge in [0.25, 0.3) is 0 Å². The highest BCUT2D eigenvalue weighted by Gasteiger charge is 2.47. The molecule has 178 valence electrons.